The van der Waals surface area contributed by atoms with Crippen molar-refractivity contribution in [2.75, 3.05) is 75.1 Å². The number of ether oxygens (including phenoxy) is 7. The summed E-state index contributed by atoms with van der Waals surface area (Å²) in [6.07, 6.45) is 9.23. The Kier molecular flexibility index (Phi) is 16.2. The Labute approximate surface area is 439 Å². The molecule has 2 aromatic rings. The van der Waals surface area contributed by atoms with Crippen molar-refractivity contribution in [2.24, 2.45) is 47.3 Å². The average Bonchev–Trinajstić information content (AvgIpc) is 3.78. The zero-order chi connectivity index (χ0) is 52.7. The van der Waals surface area contributed by atoms with Crippen LogP contribution >= 0.6 is 0 Å². The summed E-state index contributed by atoms with van der Waals surface area (Å²) in [5.41, 5.74) is -0.414. The van der Waals surface area contributed by atoms with Crippen molar-refractivity contribution in [3.63, 3.8) is 0 Å². The minimum Gasteiger partial charge on any atom is -0.497 e. The lowest BCUT2D eigenvalue weighted by Gasteiger charge is -2.60. The first-order chi connectivity index (χ1) is 36.0. The van der Waals surface area contributed by atoms with Crippen molar-refractivity contribution in [1.29, 1.82) is 0 Å². The fourth-order valence-electron chi connectivity index (χ4n) is 13.9. The SMILES string of the molecule is COc1ccc(Nc2nc(NCCN(CCO[C@H]3O[C@@H]4O[C@@]5(C)CC[C@H]6[C@H](C)CC[C@@H]([C@H]3C)[C@@]46OO5)CCO[C@H]3O[C@@H]4O[C@@]5(C)CC[C@H]6[C@H](C)CC[C@@H]([C@H]3C)[C@@]46OO5)nc(N3CCCCC3)n2)cc1.O=C(O)C(=O)O. The standard InChI is InChI=1S/C51H77N7O11.C2H2O4/c1-31-11-17-39-33(3)41(62-43-50(39)37(31)19-21-48(5,64-43)66-68-50)60-29-27-57(28-30-61-42-34(4)40-18-12-32(2)38-20-22-49(6)65-44(63-42)51(38,40)69-67-49)26-23-52-45-54-46(53-35-13-15-36(59-7)16-14-35)56-47(55-45)58-24-9-8-10-25-58;3-1(4)2(5)6/h13-16,31-34,37-44H,8-12,17-30H2,1-7H3,(H2,52,53,54,55,56);(H,3,4)(H,5,6)/t31-,32-,33-,34-,37+,38+,39+,40+,41+,42+,43-,44-,48-,49-,50-,51-;/m1./s1. The van der Waals surface area contributed by atoms with E-state index in [0.717, 1.165) is 88.7 Å². The number of methoxy groups -OCH3 is 1. The average molecular weight is 1050 g/mol. The second-order valence-electron chi connectivity index (χ2n) is 22.9. The number of piperidine rings is 1. The van der Waals surface area contributed by atoms with Gasteiger partial charge in [0.15, 0.2) is 36.4 Å². The number of rotatable bonds is 16. The molecule has 11 aliphatic rings. The molecule has 2 spiro atoms. The lowest BCUT2D eigenvalue weighted by atomic mass is 9.58. The molecule has 9 saturated heterocycles. The molecule has 4 N–H and O–H groups in total. The van der Waals surface area contributed by atoms with Crippen LogP contribution < -0.4 is 20.3 Å². The van der Waals surface area contributed by atoms with Crippen LogP contribution in [-0.2, 0) is 57.6 Å². The molecule has 2 saturated carbocycles. The third-order valence-electron chi connectivity index (χ3n) is 18.1. The smallest absolute Gasteiger partial charge is 0.414 e. The number of nitrogens with zero attached hydrogens (tertiary/aromatic N) is 5. The maximum atomic E-state index is 9.10. The Morgan fingerprint density at radius 3 is 1.71 bits per heavy atom. The van der Waals surface area contributed by atoms with Crippen LogP contribution in [0.2, 0.25) is 0 Å². The van der Waals surface area contributed by atoms with Gasteiger partial charge in [-0.15, -0.1) is 0 Å². The second-order valence-corrected chi connectivity index (χ2v) is 22.9. The van der Waals surface area contributed by atoms with Crippen LogP contribution in [0, 0.1) is 47.3 Å². The predicted octanol–water partition coefficient (Wildman–Crippen LogP) is 6.93. The lowest BCUT2D eigenvalue weighted by molar-refractivity contribution is -0.577. The van der Waals surface area contributed by atoms with Gasteiger partial charge in [-0.05, 0) is 120 Å². The minimum absolute atomic E-state index is 0.0803. The van der Waals surface area contributed by atoms with Crippen LogP contribution in [0.3, 0.4) is 0 Å². The van der Waals surface area contributed by atoms with Crippen LogP contribution in [0.25, 0.3) is 0 Å². The summed E-state index contributed by atoms with van der Waals surface area (Å²) in [5.74, 6) is -0.785. The number of carbonyl (C=O) groups is 2. The van der Waals surface area contributed by atoms with E-state index < -0.39 is 59.9 Å². The van der Waals surface area contributed by atoms with Crippen LogP contribution in [0.15, 0.2) is 24.3 Å². The van der Waals surface area contributed by atoms with E-state index in [2.05, 4.69) is 48.1 Å². The first-order valence-electron chi connectivity index (χ1n) is 27.5. The molecule has 4 bridgehead atoms. The summed E-state index contributed by atoms with van der Waals surface area (Å²) < 4.78 is 45.8. The van der Waals surface area contributed by atoms with E-state index >= 15 is 0 Å². The maximum absolute atomic E-state index is 9.10. The van der Waals surface area contributed by atoms with E-state index in [0.29, 0.717) is 80.9 Å². The molecular weight excluding hydrogens is 975 g/mol. The van der Waals surface area contributed by atoms with Gasteiger partial charge >= 0.3 is 11.9 Å². The summed E-state index contributed by atoms with van der Waals surface area (Å²) in [6.45, 7) is 18.3. The van der Waals surface area contributed by atoms with Gasteiger partial charge in [0.2, 0.25) is 29.4 Å². The Bertz CT molecular complexity index is 2210. The van der Waals surface area contributed by atoms with Crippen LogP contribution in [-0.4, -0.2) is 150 Å². The fraction of sp³-hybridized carbons (Fsp3) is 0.792. The van der Waals surface area contributed by atoms with Crippen LogP contribution in [0.4, 0.5) is 23.5 Å². The number of hydrogen-bond acceptors (Lipinski definition) is 20. The normalized spacial score (nSPS) is 39.5. The lowest BCUT2D eigenvalue weighted by Crippen LogP contribution is -2.70. The number of aromatic nitrogens is 3. The van der Waals surface area contributed by atoms with Crippen molar-refractivity contribution in [2.45, 2.75) is 160 Å². The first kappa shape index (κ1) is 54.3. The molecule has 16 atom stereocenters. The van der Waals surface area contributed by atoms with Gasteiger partial charge in [0.05, 0.1) is 20.3 Å². The second kappa shape index (κ2) is 22.3. The molecule has 22 heteroatoms. The molecular formula is C53H79N7O15. The van der Waals surface area contributed by atoms with Crippen molar-refractivity contribution in [3.8, 4) is 5.75 Å². The first-order valence-corrected chi connectivity index (χ1v) is 27.5. The van der Waals surface area contributed by atoms with E-state index in [1.165, 1.54) is 6.42 Å². The number of carboxylic acids is 2. The molecule has 416 valence electrons. The molecule has 22 nitrogen and oxygen atoms in total. The number of fused-ring (bicyclic) bond motifs is 4. The zero-order valence-corrected chi connectivity index (χ0v) is 44.6. The molecule has 9 aliphatic heterocycles. The van der Waals surface area contributed by atoms with E-state index in [4.69, 9.17) is 87.5 Å². The van der Waals surface area contributed by atoms with E-state index in [-0.39, 0.29) is 23.7 Å². The molecule has 13 rings (SSSR count). The Morgan fingerprint density at radius 2 is 1.20 bits per heavy atom. The molecule has 10 heterocycles. The van der Waals surface area contributed by atoms with Gasteiger partial charge in [0, 0.05) is 81.5 Å². The van der Waals surface area contributed by atoms with Crippen molar-refractivity contribution >= 4 is 35.5 Å². The number of nitrogens with one attached hydrogen (secondary N) is 2. The van der Waals surface area contributed by atoms with Gasteiger partial charge < -0.3 is 58.9 Å². The minimum atomic E-state index is -1.82. The highest BCUT2D eigenvalue weighted by Gasteiger charge is 2.71. The van der Waals surface area contributed by atoms with Crippen molar-refractivity contribution < 1.29 is 72.5 Å². The molecule has 0 amide bonds. The molecule has 2 aliphatic carbocycles. The van der Waals surface area contributed by atoms with Gasteiger partial charge in [0.1, 0.15) is 5.75 Å². The van der Waals surface area contributed by atoms with Crippen molar-refractivity contribution in [1.82, 2.24) is 19.9 Å². The van der Waals surface area contributed by atoms with Gasteiger partial charge in [-0.1, -0.05) is 27.7 Å². The largest absolute Gasteiger partial charge is 0.497 e. The number of carboxylic acid groups (broad SMARTS) is 2. The fourth-order valence-corrected chi connectivity index (χ4v) is 13.9. The number of aliphatic carboxylic acids is 2. The van der Waals surface area contributed by atoms with E-state index in [1.54, 1.807) is 7.11 Å². The molecule has 0 unspecified atom stereocenters. The monoisotopic (exact) mass is 1050 g/mol. The number of anilines is 4. The molecule has 11 fully saturated rings. The van der Waals surface area contributed by atoms with Gasteiger partial charge in [-0.3, -0.25) is 4.90 Å². The molecule has 0 radical (unpaired) electrons. The predicted molar refractivity (Wildman–Crippen MR) is 268 cm³/mol. The third kappa shape index (κ3) is 10.9. The zero-order valence-electron chi connectivity index (χ0n) is 44.6. The van der Waals surface area contributed by atoms with Gasteiger partial charge in [-0.25, -0.2) is 29.1 Å². The highest BCUT2D eigenvalue weighted by molar-refractivity contribution is 6.27. The Balaban J connectivity index is 0.00000101. The van der Waals surface area contributed by atoms with Crippen LogP contribution in [0.1, 0.15) is 112 Å². The summed E-state index contributed by atoms with van der Waals surface area (Å²) >= 11 is 0. The molecule has 1 aromatic heterocycles. The highest BCUT2D eigenvalue weighted by atomic mass is 17.3. The third-order valence-corrected chi connectivity index (χ3v) is 18.1. The highest BCUT2D eigenvalue weighted by Crippen LogP contribution is 2.62. The number of hydrogen-bond donors (Lipinski definition) is 4. The molecule has 75 heavy (non-hydrogen) atoms. The quantitative estimate of drug-likeness (QED) is 0.0983. The van der Waals surface area contributed by atoms with Gasteiger partial charge in [-0.2, -0.15) is 15.0 Å². The summed E-state index contributed by atoms with van der Waals surface area (Å²) in [7, 11) is 1.66. The van der Waals surface area contributed by atoms with Gasteiger partial charge in [0.25, 0.3) is 0 Å². The summed E-state index contributed by atoms with van der Waals surface area (Å²) in [4.78, 5) is 62.4. The summed E-state index contributed by atoms with van der Waals surface area (Å²) in [5, 5.41) is 21.7. The topological polar surface area (TPSA) is 245 Å². The molecule has 1 aromatic carbocycles. The Hall–Kier alpha value is -4.07. The van der Waals surface area contributed by atoms with Crippen molar-refractivity contribution in [3.05, 3.63) is 24.3 Å². The number of benzene rings is 1. The Morgan fingerprint density at radius 1 is 0.680 bits per heavy atom. The van der Waals surface area contributed by atoms with E-state index in [9.17, 15) is 0 Å². The maximum Gasteiger partial charge on any atom is 0.414 e. The van der Waals surface area contributed by atoms with E-state index in [1.807, 2.05) is 38.1 Å². The summed E-state index contributed by atoms with van der Waals surface area (Å²) in [6, 6.07) is 7.74. The van der Waals surface area contributed by atoms with Crippen LogP contribution in [0.5, 0.6) is 5.75 Å².